The molecule has 0 aromatic heterocycles. The second-order valence-corrected chi connectivity index (χ2v) is 3.42. The Morgan fingerprint density at radius 1 is 0.625 bits per heavy atom. The molecular weight excluding hydrogens is 293 g/mol. The van der Waals surface area contributed by atoms with E-state index in [9.17, 15) is 28.7 Å². The Hall–Kier alpha value is 1.02. The number of hydrogen-bond donors (Lipinski definition) is 0. The molecule has 0 atom stereocenters. The Balaban J connectivity index is -0.0000000152. The van der Waals surface area contributed by atoms with Gasteiger partial charge in [-0.2, -0.15) is 0 Å². The second kappa shape index (κ2) is 18.4. The molecule has 0 amide bonds. The Bertz CT molecular complexity index is 154. The summed E-state index contributed by atoms with van der Waals surface area (Å²) in [6.45, 7) is 0. The van der Waals surface area contributed by atoms with Gasteiger partial charge in [-0.15, -0.1) is 0 Å². The van der Waals surface area contributed by atoms with Gasteiger partial charge in [0.1, 0.15) is 0 Å². The molecule has 16 heavy (non-hydrogen) atoms. The minimum absolute atomic E-state index is 0. The van der Waals surface area contributed by atoms with Crippen LogP contribution in [0.25, 0.3) is 0 Å². The van der Waals surface area contributed by atoms with Gasteiger partial charge in [0, 0.05) is 0 Å². The van der Waals surface area contributed by atoms with E-state index in [1.807, 2.05) is 0 Å². The van der Waals surface area contributed by atoms with Crippen molar-refractivity contribution >= 4 is 15.6 Å². The number of rotatable bonds is 2. The molecule has 0 spiro atoms. The fourth-order valence-corrected chi connectivity index (χ4v) is 1.10. The quantitative estimate of drug-likeness (QED) is 0.349. The molecule has 0 aliphatic heterocycles. The Labute approximate surface area is 111 Å². The van der Waals surface area contributed by atoms with Crippen molar-refractivity contribution in [2.24, 2.45) is 0 Å². The number of hydrogen-bond acceptors (Lipinski definition) is 7. The van der Waals surface area contributed by atoms with Crippen molar-refractivity contribution in [3.05, 3.63) is 0 Å². The molecule has 0 aromatic rings. The van der Waals surface area contributed by atoms with Crippen molar-refractivity contribution in [2.45, 2.75) is 0 Å². The van der Waals surface area contributed by atoms with E-state index < -0.39 is 15.6 Å². The van der Waals surface area contributed by atoms with Crippen molar-refractivity contribution in [1.82, 2.24) is 0 Å². The monoisotopic (exact) mass is 305 g/mol. The van der Waals surface area contributed by atoms with Gasteiger partial charge >= 0.3 is 29.6 Å². The van der Waals surface area contributed by atoms with Crippen molar-refractivity contribution in [2.75, 3.05) is 0 Å². The van der Waals surface area contributed by atoms with Gasteiger partial charge in [0.2, 0.25) is 0 Å². The van der Waals surface area contributed by atoms with Crippen molar-refractivity contribution in [3.8, 4) is 0 Å². The second-order valence-electron chi connectivity index (χ2n) is 0.976. The first-order valence-electron chi connectivity index (χ1n) is 1.46. The van der Waals surface area contributed by atoms with Gasteiger partial charge < -0.3 is 65.9 Å². The van der Waals surface area contributed by atoms with Gasteiger partial charge in [0.05, 0.1) is 15.6 Å². The van der Waals surface area contributed by atoms with Gasteiger partial charge in [-0.1, -0.05) is 0 Å². The third-order valence-electron chi connectivity index (χ3n) is 0.200. The topological polar surface area (TPSA) is 325 Å². The Morgan fingerprint density at radius 2 is 0.750 bits per heavy atom. The summed E-state index contributed by atoms with van der Waals surface area (Å²) in [5, 5.41) is 0. The molecule has 0 fully saturated rings. The largest absolute Gasteiger partial charge is 1.00 e. The van der Waals surface area contributed by atoms with E-state index in [0.29, 0.717) is 0 Å². The third-order valence-corrected chi connectivity index (χ3v) is 1.80. The first-order chi connectivity index (χ1) is 3.71. The molecule has 12 N–H and O–H groups in total. The summed E-state index contributed by atoms with van der Waals surface area (Å²) in [4.78, 5) is 37.3. The van der Waals surface area contributed by atoms with Gasteiger partial charge in [0.15, 0.2) is 0 Å². The van der Waals surface area contributed by atoms with Crippen LogP contribution in [-0.4, -0.2) is 32.9 Å². The predicted octanol–water partition coefficient (Wildman–Crippen LogP) is -11.3. The molecule has 104 valence electrons. The molecule has 0 rings (SSSR count). The van der Waals surface area contributed by atoms with E-state index in [-0.39, 0.29) is 62.4 Å². The number of phosphoric acid groups is 2. The predicted molar refractivity (Wildman–Crippen MR) is 38.0 cm³/mol. The Morgan fingerprint density at radius 3 is 0.750 bits per heavy atom. The van der Waals surface area contributed by atoms with Crippen LogP contribution >= 0.6 is 15.6 Å². The first kappa shape index (κ1) is 53.7. The molecule has 0 radical (unpaired) electrons. The molecule has 0 saturated carbocycles. The van der Waals surface area contributed by atoms with E-state index >= 15 is 0 Å². The molecule has 13 nitrogen and oxygen atoms in total. The van der Waals surface area contributed by atoms with E-state index in [2.05, 4.69) is 4.31 Å². The molecular formula is H12NaO13P2-3. The summed E-state index contributed by atoms with van der Waals surface area (Å²) in [5.74, 6) is 0. The summed E-state index contributed by atoms with van der Waals surface area (Å²) in [6.07, 6.45) is 0. The summed E-state index contributed by atoms with van der Waals surface area (Å²) in [6, 6.07) is 0. The standard InChI is InChI=1S/Na.H4O7P2.6H2O/c;1-8(2,3)7-9(4,5)6;;;;;;/h;(H2,1,2,3)(H2,4,5,6);6*1H2/q+1;;;;;;;/p-4. The van der Waals surface area contributed by atoms with Crippen LogP contribution < -0.4 is 49.1 Å². The summed E-state index contributed by atoms with van der Waals surface area (Å²) >= 11 is 0. The zero-order chi connectivity index (χ0) is 7.71. The van der Waals surface area contributed by atoms with E-state index in [1.165, 1.54) is 0 Å². The van der Waals surface area contributed by atoms with Gasteiger partial charge in [-0.3, -0.25) is 0 Å². The van der Waals surface area contributed by atoms with Crippen LogP contribution in [0.2, 0.25) is 0 Å². The summed E-state index contributed by atoms with van der Waals surface area (Å²) in [7, 11) is -11.4. The van der Waals surface area contributed by atoms with Crippen molar-refractivity contribution in [1.29, 1.82) is 0 Å². The van der Waals surface area contributed by atoms with E-state index in [0.717, 1.165) is 0 Å². The fraction of sp³-hybridized carbons (Fsp3) is 0. The van der Waals surface area contributed by atoms with Crippen LogP contribution in [0.4, 0.5) is 0 Å². The minimum Gasteiger partial charge on any atom is -0.790 e. The van der Waals surface area contributed by atoms with Crippen LogP contribution in [0.15, 0.2) is 0 Å². The molecule has 0 unspecified atom stereocenters. The molecule has 0 aromatic carbocycles. The van der Waals surface area contributed by atoms with Crippen LogP contribution in [0.1, 0.15) is 0 Å². The molecule has 0 aliphatic carbocycles. The maximum Gasteiger partial charge on any atom is 1.00 e. The van der Waals surface area contributed by atoms with Crippen LogP contribution in [0.3, 0.4) is 0 Å². The maximum atomic E-state index is 9.32. The van der Waals surface area contributed by atoms with Gasteiger partial charge in [-0.25, -0.2) is 0 Å². The zero-order valence-corrected chi connectivity index (χ0v) is 11.5. The zero-order valence-electron chi connectivity index (χ0n) is 7.75. The third kappa shape index (κ3) is 59.9. The smallest absolute Gasteiger partial charge is 0.790 e. The minimum atomic E-state index is -5.68. The molecule has 0 aliphatic rings. The van der Waals surface area contributed by atoms with E-state index in [4.69, 9.17) is 0 Å². The fourth-order valence-electron chi connectivity index (χ4n) is 0.122. The molecule has 0 heterocycles. The molecule has 0 saturated heterocycles. The average molecular weight is 305 g/mol. The summed E-state index contributed by atoms with van der Waals surface area (Å²) in [5.41, 5.74) is 0. The normalized spacial score (nSPS) is 7.75. The van der Waals surface area contributed by atoms with Crippen LogP contribution in [0, 0.1) is 0 Å². The maximum absolute atomic E-state index is 9.32. The first-order valence-corrected chi connectivity index (χ1v) is 4.38. The molecule has 0 bridgehead atoms. The average Bonchev–Trinajstić information content (AvgIpc) is 1.14. The SMILES string of the molecule is O.O.O.O.O.O.O=P([O-])([O-])OP(=O)([O-])[O-].[Na+]. The van der Waals surface area contributed by atoms with Crippen molar-refractivity contribution < 1.29 is 95.4 Å². The van der Waals surface area contributed by atoms with E-state index in [1.54, 1.807) is 0 Å². The summed E-state index contributed by atoms with van der Waals surface area (Å²) < 4.78 is 21.2. The van der Waals surface area contributed by atoms with Crippen LogP contribution in [0.5, 0.6) is 0 Å². The van der Waals surface area contributed by atoms with Gasteiger partial charge in [-0.05, 0) is 0 Å². The molecule has 16 heteroatoms. The van der Waals surface area contributed by atoms with Crippen LogP contribution in [-0.2, 0) is 13.4 Å². The Kier molecular flexibility index (Phi) is 61.7. The van der Waals surface area contributed by atoms with Gasteiger partial charge in [0.25, 0.3) is 0 Å². The van der Waals surface area contributed by atoms with Crippen molar-refractivity contribution in [3.63, 3.8) is 0 Å².